The minimum absolute atomic E-state index is 0.849. The van der Waals surface area contributed by atoms with Crippen LogP contribution in [0.5, 0.6) is 0 Å². The van der Waals surface area contributed by atoms with Gasteiger partial charge in [0, 0.05) is 38.3 Å². The highest BCUT2D eigenvalue weighted by Gasteiger charge is 2.24. The average Bonchev–Trinajstić information content (AvgIpc) is 3.89. The van der Waals surface area contributed by atoms with E-state index in [9.17, 15) is 0 Å². The summed E-state index contributed by atoms with van der Waals surface area (Å²) in [6.45, 7) is 0. The van der Waals surface area contributed by atoms with Crippen LogP contribution in [0.3, 0.4) is 0 Å². The van der Waals surface area contributed by atoms with Crippen molar-refractivity contribution >= 4 is 71.6 Å². The smallest absolute Gasteiger partial charge is 0.159 e. The zero-order valence-electron chi connectivity index (χ0n) is 33.2. The molecule has 3 heteroatoms. The van der Waals surface area contributed by atoms with Crippen molar-refractivity contribution in [1.82, 2.24) is 4.57 Å². The fourth-order valence-electron chi connectivity index (χ4n) is 9.46. The van der Waals surface area contributed by atoms with Gasteiger partial charge in [-0.3, -0.25) is 0 Å². The molecule has 3 nitrogen and oxygen atoms in total. The molecular formula is C58H38N2O. The molecule has 286 valence electrons. The van der Waals surface area contributed by atoms with Crippen LogP contribution in [0.4, 0.5) is 17.1 Å². The van der Waals surface area contributed by atoms with E-state index in [1.165, 1.54) is 38.3 Å². The van der Waals surface area contributed by atoms with Gasteiger partial charge in [-0.05, 0) is 99.4 Å². The summed E-state index contributed by atoms with van der Waals surface area (Å²) in [6, 6.07) is 82.9. The predicted octanol–water partition coefficient (Wildman–Crippen LogP) is 16.3. The fourth-order valence-corrected chi connectivity index (χ4v) is 9.46. The van der Waals surface area contributed by atoms with E-state index in [0.717, 1.165) is 72.3 Å². The summed E-state index contributed by atoms with van der Waals surface area (Å²) in [7, 11) is 0. The maximum atomic E-state index is 6.83. The molecule has 0 aliphatic rings. The molecule has 61 heavy (non-hydrogen) atoms. The molecule has 0 spiro atoms. The Kier molecular flexibility index (Phi) is 8.17. The molecule has 0 bridgehead atoms. The second-order valence-electron chi connectivity index (χ2n) is 15.7. The van der Waals surface area contributed by atoms with Gasteiger partial charge in [-0.1, -0.05) is 170 Å². The van der Waals surface area contributed by atoms with Crippen LogP contribution >= 0.6 is 0 Å². The minimum atomic E-state index is 0.849. The quantitative estimate of drug-likeness (QED) is 0.161. The maximum absolute atomic E-state index is 6.83. The van der Waals surface area contributed by atoms with Crippen LogP contribution in [-0.2, 0) is 0 Å². The topological polar surface area (TPSA) is 21.3 Å². The molecule has 0 radical (unpaired) electrons. The van der Waals surface area contributed by atoms with Crippen LogP contribution < -0.4 is 4.90 Å². The molecule has 0 saturated heterocycles. The lowest BCUT2D eigenvalue weighted by Crippen LogP contribution is -2.11. The van der Waals surface area contributed by atoms with Crippen LogP contribution in [0.2, 0.25) is 0 Å². The van der Waals surface area contributed by atoms with Gasteiger partial charge in [-0.2, -0.15) is 0 Å². The van der Waals surface area contributed by atoms with Crippen molar-refractivity contribution in [1.29, 1.82) is 0 Å². The summed E-state index contributed by atoms with van der Waals surface area (Å²) in [5, 5.41) is 6.98. The van der Waals surface area contributed by atoms with E-state index in [-0.39, 0.29) is 0 Å². The number of nitrogens with zero attached hydrogens (tertiary/aromatic N) is 2. The Morgan fingerprint density at radius 3 is 1.66 bits per heavy atom. The third kappa shape index (κ3) is 5.74. The second-order valence-corrected chi connectivity index (χ2v) is 15.7. The number of para-hydroxylation sites is 4. The molecule has 0 amide bonds. The van der Waals surface area contributed by atoms with Gasteiger partial charge in [0.15, 0.2) is 5.58 Å². The molecule has 0 aliphatic carbocycles. The van der Waals surface area contributed by atoms with Crippen LogP contribution in [-0.4, -0.2) is 4.57 Å². The normalized spacial score (nSPS) is 11.6. The van der Waals surface area contributed by atoms with Crippen molar-refractivity contribution in [2.45, 2.75) is 0 Å². The summed E-state index contributed by atoms with van der Waals surface area (Å²) in [5.74, 6) is 0. The number of furan rings is 1. The minimum Gasteiger partial charge on any atom is -0.454 e. The molecule has 0 aliphatic heterocycles. The van der Waals surface area contributed by atoms with Crippen molar-refractivity contribution < 1.29 is 4.42 Å². The number of anilines is 3. The van der Waals surface area contributed by atoms with Crippen molar-refractivity contribution in [2.75, 3.05) is 4.90 Å². The SMILES string of the molecule is c1ccc(-c2cc(-c3ccccc3)cc(N(c3ccc(-c4cccc5c4c4ccccc4n5-c4ccccc4)c4ccccc34)c3cccc4c3oc3ccccc34)c2)cc1. The third-order valence-electron chi connectivity index (χ3n) is 12.2. The van der Waals surface area contributed by atoms with E-state index in [0.29, 0.717) is 0 Å². The summed E-state index contributed by atoms with van der Waals surface area (Å²) in [4.78, 5) is 2.41. The van der Waals surface area contributed by atoms with Crippen LogP contribution in [0, 0.1) is 0 Å². The molecule has 0 atom stereocenters. The van der Waals surface area contributed by atoms with Crippen LogP contribution in [0.15, 0.2) is 235 Å². The molecule has 10 aromatic carbocycles. The van der Waals surface area contributed by atoms with Gasteiger partial charge in [0.25, 0.3) is 0 Å². The fraction of sp³-hybridized carbons (Fsp3) is 0. The lowest BCUT2D eigenvalue weighted by Gasteiger charge is -2.28. The Hall–Kier alpha value is -8.14. The summed E-state index contributed by atoms with van der Waals surface area (Å²) in [5.41, 5.74) is 15.3. The van der Waals surface area contributed by atoms with E-state index >= 15 is 0 Å². The van der Waals surface area contributed by atoms with E-state index in [4.69, 9.17) is 4.42 Å². The van der Waals surface area contributed by atoms with Crippen LogP contribution in [0.1, 0.15) is 0 Å². The Bertz CT molecular complexity index is 3530. The molecule has 0 N–H and O–H groups in total. The van der Waals surface area contributed by atoms with E-state index in [2.05, 4.69) is 234 Å². The molecule has 2 aromatic heterocycles. The average molecular weight is 779 g/mol. The summed E-state index contributed by atoms with van der Waals surface area (Å²) < 4.78 is 9.22. The number of aromatic nitrogens is 1. The molecule has 0 saturated carbocycles. The van der Waals surface area contributed by atoms with Gasteiger partial charge in [0.1, 0.15) is 5.58 Å². The summed E-state index contributed by atoms with van der Waals surface area (Å²) in [6.07, 6.45) is 0. The third-order valence-corrected chi connectivity index (χ3v) is 12.2. The number of benzene rings is 10. The highest BCUT2D eigenvalue weighted by atomic mass is 16.3. The summed E-state index contributed by atoms with van der Waals surface area (Å²) >= 11 is 0. The molecule has 12 aromatic rings. The van der Waals surface area contributed by atoms with E-state index < -0.39 is 0 Å². The predicted molar refractivity (Wildman–Crippen MR) is 257 cm³/mol. The van der Waals surface area contributed by atoms with Gasteiger partial charge in [0.05, 0.1) is 22.4 Å². The van der Waals surface area contributed by atoms with Gasteiger partial charge >= 0.3 is 0 Å². The lowest BCUT2D eigenvalue weighted by molar-refractivity contribution is 0.669. The zero-order chi connectivity index (χ0) is 40.3. The van der Waals surface area contributed by atoms with Crippen molar-refractivity contribution in [3.63, 3.8) is 0 Å². The first-order valence-electron chi connectivity index (χ1n) is 20.8. The van der Waals surface area contributed by atoms with Gasteiger partial charge < -0.3 is 13.9 Å². The Labute approximate surface area is 353 Å². The molecule has 12 rings (SSSR count). The van der Waals surface area contributed by atoms with Crippen molar-refractivity contribution in [3.05, 3.63) is 231 Å². The van der Waals surface area contributed by atoms with Crippen molar-refractivity contribution in [3.8, 4) is 39.1 Å². The number of hydrogen-bond acceptors (Lipinski definition) is 2. The largest absolute Gasteiger partial charge is 0.454 e. The first-order valence-corrected chi connectivity index (χ1v) is 20.8. The van der Waals surface area contributed by atoms with E-state index in [1.807, 2.05) is 6.07 Å². The second kappa shape index (κ2) is 14.3. The van der Waals surface area contributed by atoms with Gasteiger partial charge in [-0.25, -0.2) is 0 Å². The standard InChI is InChI=1S/C58H38N2O/c1-4-18-39(19-5-1)41-36-42(40-20-6-2-7-21-40)38-44(37-41)60(55-32-17-29-50-48-26-13-15-33-56(48)61-58(50)55)53-35-34-46(45-24-10-11-25-47(45)53)49-28-16-31-54-57(49)51-27-12-14-30-52(51)59(54)43-22-8-3-9-23-43/h1-38H. The van der Waals surface area contributed by atoms with Crippen LogP contribution in [0.25, 0.3) is 93.6 Å². The Balaban J connectivity index is 1.15. The van der Waals surface area contributed by atoms with E-state index in [1.54, 1.807) is 0 Å². The van der Waals surface area contributed by atoms with Gasteiger partial charge in [-0.15, -0.1) is 0 Å². The molecule has 0 unspecified atom stereocenters. The zero-order valence-corrected chi connectivity index (χ0v) is 33.2. The number of fused-ring (bicyclic) bond motifs is 7. The molecular weight excluding hydrogens is 741 g/mol. The number of rotatable bonds is 7. The molecule has 0 fully saturated rings. The van der Waals surface area contributed by atoms with Gasteiger partial charge in [0.2, 0.25) is 0 Å². The highest BCUT2D eigenvalue weighted by Crippen LogP contribution is 2.48. The highest BCUT2D eigenvalue weighted by molar-refractivity contribution is 6.19. The maximum Gasteiger partial charge on any atom is 0.159 e. The monoisotopic (exact) mass is 778 g/mol. The lowest BCUT2D eigenvalue weighted by atomic mass is 9.93. The first-order chi connectivity index (χ1) is 30.3. The Morgan fingerprint density at radius 2 is 0.918 bits per heavy atom. The first kappa shape index (κ1) is 34.9. The van der Waals surface area contributed by atoms with Crippen molar-refractivity contribution in [2.24, 2.45) is 0 Å². The molecule has 2 heterocycles. The Morgan fingerprint density at radius 1 is 0.344 bits per heavy atom. The number of hydrogen-bond donors (Lipinski definition) is 0.